The zero-order chi connectivity index (χ0) is 19.9. The molecule has 0 aliphatic rings. The van der Waals surface area contributed by atoms with Gasteiger partial charge in [0.25, 0.3) is 0 Å². The molecule has 7 nitrogen and oxygen atoms in total. The zero-order valence-electron chi connectivity index (χ0n) is 15.6. The van der Waals surface area contributed by atoms with Crippen LogP contribution in [0.2, 0.25) is 0 Å². The second-order valence-electron chi connectivity index (χ2n) is 5.92. The maximum absolute atomic E-state index is 12.1. The van der Waals surface area contributed by atoms with Crippen molar-refractivity contribution in [2.45, 2.75) is 12.8 Å². The van der Waals surface area contributed by atoms with Crippen molar-refractivity contribution in [1.29, 1.82) is 0 Å². The van der Waals surface area contributed by atoms with E-state index in [-0.39, 0.29) is 18.9 Å². The molecule has 1 N–H and O–H groups in total. The quantitative estimate of drug-likeness (QED) is 0.709. The van der Waals surface area contributed by atoms with E-state index in [1.807, 2.05) is 0 Å². The molecule has 0 bridgehead atoms. The second kappa shape index (κ2) is 9.27. The van der Waals surface area contributed by atoms with Gasteiger partial charge in [-0.1, -0.05) is 12.1 Å². The Balaban J connectivity index is 1.98. The average Bonchev–Trinajstić information content (AvgIpc) is 2.64. The molecular formula is C19H24N2O5S. The third-order valence-corrected chi connectivity index (χ3v) is 5.05. The number of ether oxygens (including phenoxy) is 2. The molecule has 0 spiro atoms. The fourth-order valence-corrected chi connectivity index (χ4v) is 3.52. The number of carbonyl (C=O) groups is 1. The molecule has 0 saturated heterocycles. The van der Waals surface area contributed by atoms with Crippen molar-refractivity contribution < 1.29 is 22.7 Å². The van der Waals surface area contributed by atoms with Crippen molar-refractivity contribution in [1.82, 2.24) is 0 Å². The van der Waals surface area contributed by atoms with E-state index >= 15 is 0 Å². The van der Waals surface area contributed by atoms with E-state index in [2.05, 4.69) is 5.32 Å². The lowest BCUT2D eigenvalue weighted by atomic mass is 10.2. The van der Waals surface area contributed by atoms with Crippen LogP contribution in [0.15, 0.2) is 48.5 Å². The van der Waals surface area contributed by atoms with Gasteiger partial charge in [-0.15, -0.1) is 0 Å². The van der Waals surface area contributed by atoms with Crippen LogP contribution in [0.5, 0.6) is 11.5 Å². The van der Waals surface area contributed by atoms with Crippen LogP contribution in [-0.4, -0.2) is 41.3 Å². The van der Waals surface area contributed by atoms with Crippen molar-refractivity contribution in [3.63, 3.8) is 0 Å². The van der Waals surface area contributed by atoms with Crippen molar-refractivity contribution in [3.05, 3.63) is 48.5 Å². The number of benzene rings is 2. The SMILES string of the molecule is COc1cccc(NC(=O)CCCN(c2cccc(OC)c2)S(C)(=O)=O)c1. The Morgan fingerprint density at radius 3 is 2.30 bits per heavy atom. The molecule has 8 heteroatoms. The minimum Gasteiger partial charge on any atom is -0.497 e. The first-order valence-electron chi connectivity index (χ1n) is 8.39. The normalized spacial score (nSPS) is 10.9. The van der Waals surface area contributed by atoms with Gasteiger partial charge >= 0.3 is 0 Å². The number of methoxy groups -OCH3 is 2. The number of sulfonamides is 1. The molecule has 0 unspecified atom stereocenters. The molecule has 1 amide bonds. The Morgan fingerprint density at radius 2 is 1.67 bits per heavy atom. The highest BCUT2D eigenvalue weighted by molar-refractivity contribution is 7.92. The molecule has 0 fully saturated rings. The highest BCUT2D eigenvalue weighted by Crippen LogP contribution is 2.23. The third-order valence-electron chi connectivity index (χ3n) is 3.86. The fourth-order valence-electron chi connectivity index (χ4n) is 2.56. The molecule has 2 aromatic carbocycles. The van der Waals surface area contributed by atoms with E-state index in [1.54, 1.807) is 55.6 Å². The number of hydrogen-bond donors (Lipinski definition) is 1. The number of carbonyl (C=O) groups excluding carboxylic acids is 1. The summed E-state index contributed by atoms with van der Waals surface area (Å²) in [4.78, 5) is 12.1. The van der Waals surface area contributed by atoms with Crippen LogP contribution in [0.4, 0.5) is 11.4 Å². The molecule has 0 aliphatic carbocycles. The third kappa shape index (κ3) is 6.18. The summed E-state index contributed by atoms with van der Waals surface area (Å²) in [6.07, 6.45) is 1.70. The molecule has 2 aromatic rings. The van der Waals surface area contributed by atoms with Gasteiger partial charge in [-0.3, -0.25) is 9.10 Å². The number of nitrogens with one attached hydrogen (secondary N) is 1. The number of anilines is 2. The Bertz CT molecular complexity index is 883. The monoisotopic (exact) mass is 392 g/mol. The lowest BCUT2D eigenvalue weighted by molar-refractivity contribution is -0.116. The molecule has 0 heterocycles. The van der Waals surface area contributed by atoms with E-state index in [1.165, 1.54) is 11.4 Å². The number of amides is 1. The molecule has 0 aromatic heterocycles. The van der Waals surface area contributed by atoms with Gasteiger partial charge < -0.3 is 14.8 Å². The van der Waals surface area contributed by atoms with Crippen LogP contribution >= 0.6 is 0 Å². The maximum atomic E-state index is 12.1. The summed E-state index contributed by atoms with van der Waals surface area (Å²) in [6.45, 7) is 0.192. The second-order valence-corrected chi connectivity index (χ2v) is 7.83. The molecule has 0 aliphatic heterocycles. The van der Waals surface area contributed by atoms with Crippen LogP contribution in [0.3, 0.4) is 0 Å². The smallest absolute Gasteiger partial charge is 0.232 e. The van der Waals surface area contributed by atoms with E-state index in [4.69, 9.17) is 9.47 Å². The van der Waals surface area contributed by atoms with Crippen LogP contribution < -0.4 is 19.1 Å². The molecule has 0 saturated carbocycles. The minimum atomic E-state index is -3.48. The van der Waals surface area contributed by atoms with E-state index in [9.17, 15) is 13.2 Å². The van der Waals surface area contributed by atoms with Gasteiger partial charge in [0.2, 0.25) is 15.9 Å². The Kier molecular flexibility index (Phi) is 7.06. The molecule has 0 radical (unpaired) electrons. The molecule has 27 heavy (non-hydrogen) atoms. The zero-order valence-corrected chi connectivity index (χ0v) is 16.5. The summed E-state index contributed by atoms with van der Waals surface area (Å²) in [6, 6.07) is 13.9. The van der Waals surface area contributed by atoms with E-state index < -0.39 is 10.0 Å². The van der Waals surface area contributed by atoms with E-state index in [0.717, 1.165) is 6.26 Å². The first kappa shape index (κ1) is 20.6. The number of hydrogen-bond acceptors (Lipinski definition) is 5. The first-order chi connectivity index (χ1) is 12.8. The summed E-state index contributed by atoms with van der Waals surface area (Å²) in [5.74, 6) is 1.02. The Hall–Kier alpha value is -2.74. The van der Waals surface area contributed by atoms with E-state index in [0.29, 0.717) is 29.3 Å². The topological polar surface area (TPSA) is 84.9 Å². The van der Waals surface area contributed by atoms with Crippen molar-refractivity contribution >= 4 is 27.3 Å². The van der Waals surface area contributed by atoms with Gasteiger partial charge in [0, 0.05) is 30.8 Å². The van der Waals surface area contributed by atoms with Crippen LogP contribution in [0, 0.1) is 0 Å². The summed E-state index contributed by atoms with van der Waals surface area (Å²) >= 11 is 0. The molecule has 0 atom stereocenters. The highest BCUT2D eigenvalue weighted by atomic mass is 32.2. The standard InChI is InChI=1S/C19H24N2O5S/c1-25-17-9-4-7-15(13-17)20-19(22)11-6-12-21(27(3,23)24)16-8-5-10-18(14-16)26-2/h4-5,7-10,13-14H,6,11-12H2,1-3H3,(H,20,22). The van der Waals surface area contributed by atoms with Crippen LogP contribution in [0.25, 0.3) is 0 Å². The predicted octanol–water partition coefficient (Wildman–Crippen LogP) is 2.89. The van der Waals surface area contributed by atoms with Crippen molar-refractivity contribution in [2.24, 2.45) is 0 Å². The van der Waals surface area contributed by atoms with Crippen LogP contribution in [-0.2, 0) is 14.8 Å². The summed E-state index contributed by atoms with van der Waals surface area (Å²) in [5, 5.41) is 2.78. The molecule has 2 rings (SSSR count). The van der Waals surface area contributed by atoms with Gasteiger partial charge in [-0.25, -0.2) is 8.42 Å². The average molecular weight is 392 g/mol. The highest BCUT2D eigenvalue weighted by Gasteiger charge is 2.18. The summed E-state index contributed by atoms with van der Waals surface area (Å²) < 4.78 is 35.8. The largest absolute Gasteiger partial charge is 0.497 e. The lowest BCUT2D eigenvalue weighted by Gasteiger charge is -2.22. The van der Waals surface area contributed by atoms with Gasteiger partial charge in [0.05, 0.1) is 26.2 Å². The summed E-state index contributed by atoms with van der Waals surface area (Å²) in [7, 11) is -0.404. The van der Waals surface area contributed by atoms with Crippen molar-refractivity contribution in [3.8, 4) is 11.5 Å². The fraction of sp³-hybridized carbons (Fsp3) is 0.316. The predicted molar refractivity (Wildman–Crippen MR) is 106 cm³/mol. The Morgan fingerprint density at radius 1 is 1.04 bits per heavy atom. The Labute approximate surface area is 160 Å². The van der Waals surface area contributed by atoms with Gasteiger partial charge in [0.15, 0.2) is 0 Å². The molecular weight excluding hydrogens is 368 g/mol. The maximum Gasteiger partial charge on any atom is 0.232 e. The number of nitrogens with zero attached hydrogens (tertiary/aromatic N) is 1. The number of rotatable bonds is 9. The lowest BCUT2D eigenvalue weighted by Crippen LogP contribution is -2.31. The summed E-state index contributed by atoms with van der Waals surface area (Å²) in [5.41, 5.74) is 1.14. The van der Waals surface area contributed by atoms with Gasteiger partial charge in [-0.2, -0.15) is 0 Å². The van der Waals surface area contributed by atoms with Crippen LogP contribution in [0.1, 0.15) is 12.8 Å². The first-order valence-corrected chi connectivity index (χ1v) is 10.2. The minimum absolute atomic E-state index is 0.188. The van der Waals surface area contributed by atoms with Gasteiger partial charge in [-0.05, 0) is 30.7 Å². The van der Waals surface area contributed by atoms with Crippen molar-refractivity contribution in [2.75, 3.05) is 36.6 Å². The van der Waals surface area contributed by atoms with Gasteiger partial charge in [0.1, 0.15) is 11.5 Å². The molecule has 146 valence electrons.